The van der Waals surface area contributed by atoms with Crippen molar-refractivity contribution in [2.24, 2.45) is 0 Å². The van der Waals surface area contributed by atoms with Crippen molar-refractivity contribution in [2.45, 2.75) is 6.54 Å². The molecule has 1 saturated heterocycles. The molecule has 0 atom stereocenters. The molecule has 2 aromatic carbocycles. The van der Waals surface area contributed by atoms with Gasteiger partial charge >= 0.3 is 0 Å². The van der Waals surface area contributed by atoms with E-state index in [9.17, 15) is 4.79 Å². The van der Waals surface area contributed by atoms with Crippen molar-refractivity contribution in [1.29, 1.82) is 0 Å². The van der Waals surface area contributed by atoms with Crippen LogP contribution in [0.3, 0.4) is 0 Å². The average Bonchev–Trinajstić information content (AvgIpc) is 2.68. The molecule has 1 fully saturated rings. The van der Waals surface area contributed by atoms with Crippen LogP contribution in [0.15, 0.2) is 46.9 Å². The molecular formula is C20H22BrClN2O3. The van der Waals surface area contributed by atoms with Crippen LogP contribution >= 0.6 is 27.5 Å². The van der Waals surface area contributed by atoms with Gasteiger partial charge in [0, 0.05) is 37.4 Å². The van der Waals surface area contributed by atoms with Gasteiger partial charge in [0.05, 0.1) is 17.7 Å². The lowest BCUT2D eigenvalue weighted by Gasteiger charge is -2.29. The Labute approximate surface area is 172 Å². The smallest absolute Gasteiger partial charge is 0.260 e. The minimum absolute atomic E-state index is 0.0252. The predicted octanol–water partition coefficient (Wildman–Crippen LogP) is 3.98. The Morgan fingerprint density at radius 2 is 1.93 bits per heavy atom. The van der Waals surface area contributed by atoms with Crippen LogP contribution < -0.4 is 9.64 Å². The van der Waals surface area contributed by atoms with Crippen LogP contribution in [0.2, 0.25) is 5.02 Å². The molecular weight excluding hydrogens is 432 g/mol. The second-order valence-corrected chi connectivity index (χ2v) is 7.67. The molecule has 5 nitrogen and oxygen atoms in total. The molecule has 0 unspecified atom stereocenters. The Morgan fingerprint density at radius 1 is 1.22 bits per heavy atom. The molecule has 0 N–H and O–H groups in total. The summed E-state index contributed by atoms with van der Waals surface area (Å²) in [5.74, 6) is 0.505. The molecule has 3 rings (SSSR count). The van der Waals surface area contributed by atoms with E-state index in [0.717, 1.165) is 36.3 Å². The van der Waals surface area contributed by atoms with E-state index in [4.69, 9.17) is 21.1 Å². The zero-order chi connectivity index (χ0) is 19.2. The fraction of sp³-hybridized carbons (Fsp3) is 0.350. The third-order valence-electron chi connectivity index (χ3n) is 4.40. The van der Waals surface area contributed by atoms with E-state index in [0.29, 0.717) is 17.3 Å². The first-order valence-electron chi connectivity index (χ1n) is 8.76. The molecule has 1 heterocycles. The molecule has 0 spiro atoms. The topological polar surface area (TPSA) is 42.0 Å². The van der Waals surface area contributed by atoms with Crippen LogP contribution in [0.25, 0.3) is 0 Å². The molecule has 0 saturated carbocycles. The second kappa shape index (κ2) is 9.44. The van der Waals surface area contributed by atoms with Crippen LogP contribution in [0.1, 0.15) is 5.56 Å². The molecule has 1 aliphatic rings. The first-order chi connectivity index (χ1) is 13.0. The normalized spacial score (nSPS) is 14.1. The van der Waals surface area contributed by atoms with E-state index >= 15 is 0 Å². The van der Waals surface area contributed by atoms with Crippen molar-refractivity contribution in [2.75, 3.05) is 44.9 Å². The summed E-state index contributed by atoms with van der Waals surface area (Å²) in [6.07, 6.45) is 0. The zero-order valence-corrected chi connectivity index (χ0v) is 17.5. The summed E-state index contributed by atoms with van der Waals surface area (Å²) in [6.45, 7) is 3.87. The van der Waals surface area contributed by atoms with E-state index in [2.05, 4.69) is 45.1 Å². The first-order valence-corrected chi connectivity index (χ1v) is 9.93. The zero-order valence-electron chi connectivity index (χ0n) is 15.2. The number of likely N-dealkylation sites (N-methyl/N-ethyl adjacent to an activating group) is 1. The van der Waals surface area contributed by atoms with Gasteiger partial charge < -0.3 is 19.3 Å². The monoisotopic (exact) mass is 452 g/mol. The molecule has 144 valence electrons. The SMILES string of the molecule is CN(Cc1ccc(N2CCOCC2)cc1)C(=O)COc1ccc(Cl)cc1Br. The fourth-order valence-electron chi connectivity index (χ4n) is 2.84. The van der Waals surface area contributed by atoms with Crippen molar-refractivity contribution >= 4 is 39.1 Å². The number of carbonyl (C=O) groups is 1. The summed E-state index contributed by atoms with van der Waals surface area (Å²) in [6, 6.07) is 13.5. The summed E-state index contributed by atoms with van der Waals surface area (Å²) in [4.78, 5) is 16.3. The number of amides is 1. The van der Waals surface area contributed by atoms with Crippen molar-refractivity contribution in [3.05, 3.63) is 57.5 Å². The standard InChI is InChI=1S/C20H22BrClN2O3/c1-23(20(25)14-27-19-7-4-16(22)12-18(19)21)13-15-2-5-17(6-3-15)24-8-10-26-11-9-24/h2-7,12H,8-11,13-14H2,1H3. The van der Waals surface area contributed by atoms with Crippen LogP contribution in [0.4, 0.5) is 5.69 Å². The largest absolute Gasteiger partial charge is 0.483 e. The number of rotatable bonds is 6. The molecule has 2 aromatic rings. The first kappa shape index (κ1) is 20.0. The number of halogens is 2. The van der Waals surface area contributed by atoms with Gasteiger partial charge in [-0.1, -0.05) is 23.7 Å². The van der Waals surface area contributed by atoms with Crippen molar-refractivity contribution in [1.82, 2.24) is 4.90 Å². The van der Waals surface area contributed by atoms with Gasteiger partial charge in [-0.2, -0.15) is 0 Å². The highest BCUT2D eigenvalue weighted by molar-refractivity contribution is 9.10. The lowest BCUT2D eigenvalue weighted by Crippen LogP contribution is -2.36. The molecule has 1 amide bonds. The van der Waals surface area contributed by atoms with Crippen LogP contribution in [0.5, 0.6) is 5.75 Å². The van der Waals surface area contributed by atoms with Gasteiger partial charge in [-0.15, -0.1) is 0 Å². The summed E-state index contributed by atoms with van der Waals surface area (Å²) < 4.78 is 11.7. The Morgan fingerprint density at radius 3 is 2.59 bits per heavy atom. The number of hydrogen-bond donors (Lipinski definition) is 0. The number of benzene rings is 2. The number of anilines is 1. The third-order valence-corrected chi connectivity index (χ3v) is 5.26. The molecule has 27 heavy (non-hydrogen) atoms. The summed E-state index contributed by atoms with van der Waals surface area (Å²) in [5.41, 5.74) is 2.27. The highest BCUT2D eigenvalue weighted by Crippen LogP contribution is 2.28. The minimum Gasteiger partial charge on any atom is -0.483 e. The highest BCUT2D eigenvalue weighted by atomic mass is 79.9. The highest BCUT2D eigenvalue weighted by Gasteiger charge is 2.13. The van der Waals surface area contributed by atoms with Gasteiger partial charge in [-0.25, -0.2) is 0 Å². The van der Waals surface area contributed by atoms with Crippen molar-refractivity contribution < 1.29 is 14.3 Å². The Bertz CT molecular complexity index is 779. The van der Waals surface area contributed by atoms with E-state index in [1.165, 1.54) is 5.69 Å². The fourth-order valence-corrected chi connectivity index (χ4v) is 3.63. The van der Waals surface area contributed by atoms with Gasteiger partial charge in [0.1, 0.15) is 5.75 Å². The van der Waals surface area contributed by atoms with E-state index in [-0.39, 0.29) is 12.5 Å². The van der Waals surface area contributed by atoms with Crippen molar-refractivity contribution in [3.8, 4) is 5.75 Å². The van der Waals surface area contributed by atoms with E-state index in [1.54, 1.807) is 30.1 Å². The Balaban J connectivity index is 1.51. The molecule has 0 bridgehead atoms. The Kier molecular flexibility index (Phi) is 6.99. The predicted molar refractivity (Wildman–Crippen MR) is 111 cm³/mol. The van der Waals surface area contributed by atoms with Gasteiger partial charge in [-0.3, -0.25) is 4.79 Å². The second-order valence-electron chi connectivity index (χ2n) is 6.38. The number of carbonyl (C=O) groups excluding carboxylic acids is 1. The maximum atomic E-state index is 12.4. The number of nitrogens with zero attached hydrogens (tertiary/aromatic N) is 2. The third kappa shape index (κ3) is 5.61. The summed E-state index contributed by atoms with van der Waals surface area (Å²) in [7, 11) is 1.78. The Hall–Kier alpha value is -1.76. The van der Waals surface area contributed by atoms with E-state index < -0.39 is 0 Å². The molecule has 1 aliphatic heterocycles. The molecule has 0 aromatic heterocycles. The average molecular weight is 454 g/mol. The van der Waals surface area contributed by atoms with Crippen LogP contribution in [0, 0.1) is 0 Å². The van der Waals surface area contributed by atoms with Crippen LogP contribution in [-0.2, 0) is 16.1 Å². The van der Waals surface area contributed by atoms with Gasteiger partial charge in [0.15, 0.2) is 6.61 Å². The summed E-state index contributed by atoms with van der Waals surface area (Å²) in [5, 5.41) is 0.609. The quantitative estimate of drug-likeness (QED) is 0.663. The number of ether oxygens (including phenoxy) is 2. The van der Waals surface area contributed by atoms with Gasteiger partial charge in [-0.05, 0) is 51.8 Å². The van der Waals surface area contributed by atoms with Crippen molar-refractivity contribution in [3.63, 3.8) is 0 Å². The van der Waals surface area contributed by atoms with Gasteiger partial charge in [0.2, 0.25) is 0 Å². The van der Waals surface area contributed by atoms with Gasteiger partial charge in [0.25, 0.3) is 5.91 Å². The summed E-state index contributed by atoms with van der Waals surface area (Å²) >= 11 is 9.29. The maximum Gasteiger partial charge on any atom is 0.260 e. The maximum absolute atomic E-state index is 12.4. The van der Waals surface area contributed by atoms with E-state index in [1.807, 2.05) is 0 Å². The van der Waals surface area contributed by atoms with Crippen LogP contribution in [-0.4, -0.2) is 50.8 Å². The molecule has 0 radical (unpaired) electrons. The lowest BCUT2D eigenvalue weighted by atomic mass is 10.1. The minimum atomic E-state index is -0.0888. The lowest BCUT2D eigenvalue weighted by molar-refractivity contribution is -0.132. The molecule has 0 aliphatic carbocycles. The number of hydrogen-bond acceptors (Lipinski definition) is 4. The molecule has 7 heteroatoms. The number of morpholine rings is 1.